The van der Waals surface area contributed by atoms with E-state index in [0.29, 0.717) is 12.5 Å². The van der Waals surface area contributed by atoms with E-state index in [9.17, 15) is 0 Å². The van der Waals surface area contributed by atoms with E-state index in [-0.39, 0.29) is 5.41 Å². The lowest BCUT2D eigenvalue weighted by Crippen LogP contribution is -2.43. The Morgan fingerprint density at radius 1 is 1.47 bits per heavy atom. The van der Waals surface area contributed by atoms with Crippen LogP contribution in [0.1, 0.15) is 50.5 Å². The van der Waals surface area contributed by atoms with E-state index in [0.717, 1.165) is 24.4 Å². The third-order valence-electron chi connectivity index (χ3n) is 3.44. The number of aromatic nitrogens is 2. The van der Waals surface area contributed by atoms with Crippen LogP contribution in [0.15, 0.2) is 12.3 Å². The van der Waals surface area contributed by atoms with Crippen molar-refractivity contribution in [2.45, 2.75) is 44.4 Å². The Morgan fingerprint density at radius 2 is 2.20 bits per heavy atom. The van der Waals surface area contributed by atoms with E-state index in [1.807, 2.05) is 12.3 Å². The second kappa shape index (κ2) is 3.89. The van der Waals surface area contributed by atoms with Crippen molar-refractivity contribution in [1.29, 1.82) is 0 Å². The van der Waals surface area contributed by atoms with Crippen LogP contribution >= 0.6 is 0 Å². The summed E-state index contributed by atoms with van der Waals surface area (Å²) in [6, 6.07) is 2.00. The summed E-state index contributed by atoms with van der Waals surface area (Å²) in [7, 11) is 0. The molecule has 0 saturated heterocycles. The highest BCUT2D eigenvalue weighted by Gasteiger charge is 2.40. The number of hydrogen-bond donors (Lipinski definition) is 1. The van der Waals surface area contributed by atoms with Crippen LogP contribution in [-0.4, -0.2) is 16.5 Å². The Morgan fingerprint density at radius 3 is 2.67 bits per heavy atom. The van der Waals surface area contributed by atoms with E-state index in [2.05, 4.69) is 23.8 Å². The van der Waals surface area contributed by atoms with E-state index in [4.69, 9.17) is 5.73 Å². The lowest BCUT2D eigenvalue weighted by atomic mass is 9.68. The minimum absolute atomic E-state index is 0.0882. The number of nitrogens with two attached hydrogens (primary N) is 1. The molecule has 0 aromatic carbocycles. The van der Waals surface area contributed by atoms with Gasteiger partial charge in [-0.15, -0.1) is 0 Å². The summed E-state index contributed by atoms with van der Waals surface area (Å²) in [5.74, 6) is 1.42. The third kappa shape index (κ3) is 1.76. The molecule has 0 aliphatic heterocycles. The quantitative estimate of drug-likeness (QED) is 0.821. The average molecular weight is 205 g/mol. The van der Waals surface area contributed by atoms with Crippen LogP contribution < -0.4 is 5.73 Å². The Hall–Kier alpha value is -0.960. The molecular weight excluding hydrogens is 186 g/mol. The van der Waals surface area contributed by atoms with Crippen LogP contribution in [0.25, 0.3) is 0 Å². The first-order chi connectivity index (χ1) is 7.18. The molecule has 0 unspecified atom stereocenters. The molecule has 0 atom stereocenters. The summed E-state index contributed by atoms with van der Waals surface area (Å²) in [5, 5.41) is 0. The van der Waals surface area contributed by atoms with Gasteiger partial charge in [0.15, 0.2) is 0 Å². The molecule has 0 bridgehead atoms. The molecule has 2 N–H and O–H groups in total. The Kier molecular flexibility index (Phi) is 2.74. The molecule has 0 amide bonds. The van der Waals surface area contributed by atoms with Crippen molar-refractivity contribution in [1.82, 2.24) is 9.97 Å². The number of rotatable bonds is 3. The predicted octanol–water partition coefficient (Wildman–Crippen LogP) is 1.98. The number of nitrogens with zero attached hydrogens (tertiary/aromatic N) is 2. The maximum atomic E-state index is 5.85. The highest BCUT2D eigenvalue weighted by molar-refractivity contribution is 5.17. The van der Waals surface area contributed by atoms with Gasteiger partial charge in [0.05, 0.1) is 0 Å². The molecule has 1 aliphatic rings. The van der Waals surface area contributed by atoms with Gasteiger partial charge in [-0.2, -0.15) is 0 Å². The fourth-order valence-corrected chi connectivity index (χ4v) is 2.07. The van der Waals surface area contributed by atoms with Gasteiger partial charge in [0, 0.05) is 23.9 Å². The van der Waals surface area contributed by atoms with Crippen molar-refractivity contribution in [3.8, 4) is 0 Å². The van der Waals surface area contributed by atoms with Crippen molar-refractivity contribution in [2.24, 2.45) is 5.73 Å². The molecule has 3 heteroatoms. The summed E-state index contributed by atoms with van der Waals surface area (Å²) in [6.07, 6.45) is 5.41. The van der Waals surface area contributed by atoms with Crippen LogP contribution in [0.4, 0.5) is 0 Å². The molecule has 1 aromatic rings. The molecule has 15 heavy (non-hydrogen) atoms. The molecule has 1 saturated carbocycles. The lowest BCUT2D eigenvalue weighted by molar-refractivity contribution is 0.237. The van der Waals surface area contributed by atoms with E-state index in [1.165, 1.54) is 6.42 Å². The maximum Gasteiger partial charge on any atom is 0.135 e. The summed E-state index contributed by atoms with van der Waals surface area (Å²) in [6.45, 7) is 4.98. The van der Waals surface area contributed by atoms with Gasteiger partial charge in [0.25, 0.3) is 0 Å². The monoisotopic (exact) mass is 205 g/mol. The van der Waals surface area contributed by atoms with Crippen LogP contribution in [0, 0.1) is 0 Å². The van der Waals surface area contributed by atoms with E-state index >= 15 is 0 Å². The third-order valence-corrected chi connectivity index (χ3v) is 3.44. The van der Waals surface area contributed by atoms with Crippen LogP contribution in [0.5, 0.6) is 0 Å². The standard InChI is InChI=1S/C12H19N3/c1-9(2)10-4-7-14-11(15-10)12(8-13)5-3-6-12/h4,7,9H,3,5-6,8,13H2,1-2H3. The molecule has 1 aromatic heterocycles. The van der Waals surface area contributed by atoms with E-state index < -0.39 is 0 Å². The minimum Gasteiger partial charge on any atom is -0.329 e. The Balaban J connectivity index is 2.31. The fraction of sp³-hybridized carbons (Fsp3) is 0.667. The molecule has 1 fully saturated rings. The zero-order chi connectivity index (χ0) is 10.9. The molecule has 2 rings (SSSR count). The molecule has 1 aliphatic carbocycles. The SMILES string of the molecule is CC(C)c1ccnc(C2(CN)CCC2)n1. The van der Waals surface area contributed by atoms with Crippen molar-refractivity contribution >= 4 is 0 Å². The lowest BCUT2D eigenvalue weighted by Gasteiger charge is -2.39. The predicted molar refractivity (Wildman–Crippen MR) is 60.7 cm³/mol. The largest absolute Gasteiger partial charge is 0.329 e. The smallest absolute Gasteiger partial charge is 0.135 e. The van der Waals surface area contributed by atoms with Gasteiger partial charge < -0.3 is 5.73 Å². The number of hydrogen-bond acceptors (Lipinski definition) is 3. The zero-order valence-electron chi connectivity index (χ0n) is 9.53. The fourth-order valence-electron chi connectivity index (χ4n) is 2.07. The Labute approximate surface area is 91.1 Å². The second-order valence-corrected chi connectivity index (χ2v) is 4.80. The van der Waals surface area contributed by atoms with Crippen LogP contribution in [0.2, 0.25) is 0 Å². The summed E-state index contributed by atoms with van der Waals surface area (Å²) in [5.41, 5.74) is 7.06. The zero-order valence-corrected chi connectivity index (χ0v) is 9.53. The van der Waals surface area contributed by atoms with Crippen molar-refractivity contribution in [3.05, 3.63) is 23.8 Å². The first-order valence-corrected chi connectivity index (χ1v) is 5.71. The molecule has 1 heterocycles. The van der Waals surface area contributed by atoms with Gasteiger partial charge in [0.2, 0.25) is 0 Å². The first kappa shape index (κ1) is 10.6. The highest BCUT2D eigenvalue weighted by atomic mass is 14.9. The summed E-state index contributed by atoms with van der Waals surface area (Å²) >= 11 is 0. The van der Waals surface area contributed by atoms with Gasteiger partial charge in [0.1, 0.15) is 5.82 Å². The van der Waals surface area contributed by atoms with Gasteiger partial charge in [-0.05, 0) is 24.8 Å². The molecule has 0 radical (unpaired) electrons. The van der Waals surface area contributed by atoms with Crippen molar-refractivity contribution in [2.75, 3.05) is 6.54 Å². The normalized spacial score (nSPS) is 18.9. The minimum atomic E-state index is 0.0882. The van der Waals surface area contributed by atoms with Gasteiger partial charge >= 0.3 is 0 Å². The van der Waals surface area contributed by atoms with Crippen LogP contribution in [-0.2, 0) is 5.41 Å². The van der Waals surface area contributed by atoms with Crippen LogP contribution in [0.3, 0.4) is 0 Å². The molecular formula is C12H19N3. The van der Waals surface area contributed by atoms with Gasteiger partial charge in [-0.3, -0.25) is 0 Å². The molecule has 82 valence electrons. The molecule has 3 nitrogen and oxygen atoms in total. The summed E-state index contributed by atoms with van der Waals surface area (Å²) < 4.78 is 0. The van der Waals surface area contributed by atoms with Gasteiger partial charge in [-0.25, -0.2) is 9.97 Å². The second-order valence-electron chi connectivity index (χ2n) is 4.80. The van der Waals surface area contributed by atoms with E-state index in [1.54, 1.807) is 0 Å². The topological polar surface area (TPSA) is 51.8 Å². The maximum absolute atomic E-state index is 5.85. The highest BCUT2D eigenvalue weighted by Crippen LogP contribution is 2.41. The molecule has 0 spiro atoms. The van der Waals surface area contributed by atoms with Crippen molar-refractivity contribution in [3.63, 3.8) is 0 Å². The average Bonchev–Trinajstić information content (AvgIpc) is 2.17. The van der Waals surface area contributed by atoms with Gasteiger partial charge in [-0.1, -0.05) is 20.3 Å². The Bertz CT molecular complexity index is 337. The summed E-state index contributed by atoms with van der Waals surface area (Å²) in [4.78, 5) is 9.04. The first-order valence-electron chi connectivity index (χ1n) is 5.71. The van der Waals surface area contributed by atoms with Crippen molar-refractivity contribution < 1.29 is 0 Å².